The fourth-order valence-electron chi connectivity index (χ4n) is 1.42. The van der Waals surface area contributed by atoms with Crippen molar-refractivity contribution in [3.05, 3.63) is 35.6 Å². The summed E-state index contributed by atoms with van der Waals surface area (Å²) in [6, 6.07) is 6.23. The van der Waals surface area contributed by atoms with E-state index in [0.29, 0.717) is 0 Å². The molecule has 0 aliphatic carbocycles. The molecule has 1 aliphatic heterocycles. The molecule has 84 valence electrons. The fraction of sp³-hybridized carbons (Fsp3) is 0.273. The van der Waals surface area contributed by atoms with Gasteiger partial charge in [0.25, 0.3) is 11.9 Å². The van der Waals surface area contributed by atoms with Crippen molar-refractivity contribution in [1.82, 2.24) is 4.90 Å². The lowest BCUT2D eigenvalue weighted by molar-refractivity contribution is -0.123. The summed E-state index contributed by atoms with van der Waals surface area (Å²) in [6.45, 7) is 0. The molecule has 1 aromatic rings. The molecule has 16 heavy (non-hydrogen) atoms. The van der Waals surface area contributed by atoms with E-state index in [1.165, 1.54) is 12.1 Å². The van der Waals surface area contributed by atoms with Crippen LogP contribution in [0.3, 0.4) is 0 Å². The number of hydrogen-bond donors (Lipinski definition) is 0. The summed E-state index contributed by atoms with van der Waals surface area (Å²) in [5.74, 6) is -0.940. The third-order valence-corrected chi connectivity index (χ3v) is 2.22. The molecular weight excluding hydrogens is 211 g/mol. The fourth-order valence-corrected chi connectivity index (χ4v) is 1.42. The van der Waals surface area contributed by atoms with Crippen molar-refractivity contribution in [2.75, 3.05) is 14.1 Å². The number of aliphatic imine (C=N–C) groups is 1. The summed E-state index contributed by atoms with van der Waals surface area (Å²) in [4.78, 5) is 16.8. The quantitative estimate of drug-likeness (QED) is 0.720. The van der Waals surface area contributed by atoms with Gasteiger partial charge in [-0.3, -0.25) is 4.79 Å². The first-order valence-corrected chi connectivity index (χ1v) is 4.80. The molecule has 1 heterocycles. The summed E-state index contributed by atoms with van der Waals surface area (Å²) in [6.07, 6.45) is -0.960. The van der Waals surface area contributed by atoms with Gasteiger partial charge in [-0.1, -0.05) is 18.2 Å². The molecular formula is C11H11FN2O2. The largest absolute Gasteiger partial charge is 0.446 e. The van der Waals surface area contributed by atoms with Gasteiger partial charge in [-0.2, -0.15) is 4.99 Å². The van der Waals surface area contributed by atoms with Crippen LogP contribution in [0.25, 0.3) is 0 Å². The zero-order valence-corrected chi connectivity index (χ0v) is 8.98. The first-order chi connectivity index (χ1) is 7.59. The number of carbonyl (C=O) groups excluding carboxylic acids is 1. The van der Waals surface area contributed by atoms with E-state index in [9.17, 15) is 9.18 Å². The van der Waals surface area contributed by atoms with E-state index in [4.69, 9.17) is 4.74 Å². The number of amidine groups is 1. The molecule has 1 unspecified atom stereocenters. The summed E-state index contributed by atoms with van der Waals surface area (Å²) in [7, 11) is 3.41. The van der Waals surface area contributed by atoms with Crippen molar-refractivity contribution in [3.63, 3.8) is 0 Å². The standard InChI is InChI=1S/C11H11FN2O2/c1-14(2)11-13-10(15)9(16-11)7-5-3-4-6-8(7)12/h3-6,9H,1-2H3. The lowest BCUT2D eigenvalue weighted by Gasteiger charge is -2.14. The number of rotatable bonds is 1. The Hall–Kier alpha value is -1.91. The second kappa shape index (κ2) is 3.92. The molecule has 1 aliphatic rings. The van der Waals surface area contributed by atoms with E-state index in [-0.39, 0.29) is 11.6 Å². The maximum Gasteiger partial charge on any atom is 0.296 e. The SMILES string of the molecule is CN(C)C1=NC(=O)C(c2ccccc2F)O1. The van der Waals surface area contributed by atoms with E-state index >= 15 is 0 Å². The molecule has 0 saturated heterocycles. The van der Waals surface area contributed by atoms with Crippen LogP contribution in [-0.4, -0.2) is 30.9 Å². The highest BCUT2D eigenvalue weighted by molar-refractivity contribution is 5.98. The number of halogens is 1. The second-order valence-corrected chi connectivity index (χ2v) is 3.65. The van der Waals surface area contributed by atoms with Crippen molar-refractivity contribution in [2.24, 2.45) is 4.99 Å². The minimum atomic E-state index is -0.960. The average molecular weight is 222 g/mol. The van der Waals surface area contributed by atoms with Crippen LogP contribution in [0.1, 0.15) is 11.7 Å². The van der Waals surface area contributed by atoms with E-state index in [1.807, 2.05) is 0 Å². The highest BCUT2D eigenvalue weighted by atomic mass is 19.1. The van der Waals surface area contributed by atoms with Gasteiger partial charge in [0.2, 0.25) is 6.10 Å². The van der Waals surface area contributed by atoms with Gasteiger partial charge in [0.1, 0.15) is 5.82 Å². The van der Waals surface area contributed by atoms with Gasteiger partial charge in [-0.05, 0) is 6.07 Å². The number of ether oxygens (including phenoxy) is 1. The van der Waals surface area contributed by atoms with Gasteiger partial charge in [-0.25, -0.2) is 4.39 Å². The van der Waals surface area contributed by atoms with Gasteiger partial charge in [0.05, 0.1) is 0 Å². The first-order valence-electron chi connectivity index (χ1n) is 4.80. The molecule has 0 spiro atoms. The minimum Gasteiger partial charge on any atom is -0.446 e. The number of hydrogen-bond acceptors (Lipinski definition) is 3. The van der Waals surface area contributed by atoms with Crippen LogP contribution in [0.2, 0.25) is 0 Å². The Kier molecular flexibility index (Phi) is 2.60. The average Bonchev–Trinajstić information content (AvgIpc) is 2.61. The topological polar surface area (TPSA) is 41.9 Å². The lowest BCUT2D eigenvalue weighted by Crippen LogP contribution is -2.22. The summed E-state index contributed by atoms with van der Waals surface area (Å²) in [5.41, 5.74) is 0.216. The van der Waals surface area contributed by atoms with E-state index in [1.54, 1.807) is 31.1 Å². The summed E-state index contributed by atoms with van der Waals surface area (Å²) >= 11 is 0. The van der Waals surface area contributed by atoms with Crippen LogP contribution in [0.15, 0.2) is 29.3 Å². The van der Waals surface area contributed by atoms with Gasteiger partial charge < -0.3 is 9.64 Å². The van der Waals surface area contributed by atoms with E-state index < -0.39 is 17.8 Å². The van der Waals surface area contributed by atoms with Crippen molar-refractivity contribution in [2.45, 2.75) is 6.10 Å². The maximum atomic E-state index is 13.4. The van der Waals surface area contributed by atoms with Crippen LogP contribution < -0.4 is 0 Å². The third-order valence-electron chi connectivity index (χ3n) is 2.22. The van der Waals surface area contributed by atoms with E-state index in [0.717, 1.165) is 0 Å². The van der Waals surface area contributed by atoms with Crippen molar-refractivity contribution in [1.29, 1.82) is 0 Å². The molecule has 5 heteroatoms. The Labute approximate surface area is 92.3 Å². The van der Waals surface area contributed by atoms with Crippen LogP contribution >= 0.6 is 0 Å². The molecule has 4 nitrogen and oxygen atoms in total. The van der Waals surface area contributed by atoms with Crippen LogP contribution in [-0.2, 0) is 9.53 Å². The van der Waals surface area contributed by atoms with E-state index in [2.05, 4.69) is 4.99 Å². The molecule has 0 N–H and O–H groups in total. The Morgan fingerprint density at radius 1 is 1.38 bits per heavy atom. The molecule has 1 aromatic carbocycles. The van der Waals surface area contributed by atoms with Crippen molar-refractivity contribution in [3.8, 4) is 0 Å². The minimum absolute atomic E-state index is 0.207. The Morgan fingerprint density at radius 3 is 2.62 bits per heavy atom. The van der Waals surface area contributed by atoms with Crippen LogP contribution in [0.4, 0.5) is 4.39 Å². The maximum absolute atomic E-state index is 13.4. The monoisotopic (exact) mass is 222 g/mol. The molecule has 2 rings (SSSR count). The third kappa shape index (κ3) is 1.76. The molecule has 1 amide bonds. The predicted octanol–water partition coefficient (Wildman–Crippen LogP) is 1.34. The predicted molar refractivity (Wildman–Crippen MR) is 56.4 cm³/mol. The molecule has 0 saturated carbocycles. The number of amides is 1. The molecule has 0 aromatic heterocycles. The lowest BCUT2D eigenvalue weighted by atomic mass is 10.1. The molecule has 0 fully saturated rings. The zero-order valence-electron chi connectivity index (χ0n) is 8.98. The van der Waals surface area contributed by atoms with Gasteiger partial charge in [0, 0.05) is 19.7 Å². The molecule has 0 radical (unpaired) electrons. The molecule has 0 bridgehead atoms. The number of carbonyl (C=O) groups is 1. The van der Waals surface area contributed by atoms with Gasteiger partial charge in [0.15, 0.2) is 0 Å². The number of nitrogens with zero attached hydrogens (tertiary/aromatic N) is 2. The van der Waals surface area contributed by atoms with Gasteiger partial charge >= 0.3 is 0 Å². The van der Waals surface area contributed by atoms with Crippen LogP contribution in [0, 0.1) is 5.82 Å². The highest BCUT2D eigenvalue weighted by Crippen LogP contribution is 2.26. The second-order valence-electron chi connectivity index (χ2n) is 3.65. The van der Waals surface area contributed by atoms with Crippen molar-refractivity contribution < 1.29 is 13.9 Å². The smallest absolute Gasteiger partial charge is 0.296 e. The Morgan fingerprint density at radius 2 is 2.06 bits per heavy atom. The summed E-state index contributed by atoms with van der Waals surface area (Å²) < 4.78 is 18.7. The van der Waals surface area contributed by atoms with Gasteiger partial charge in [-0.15, -0.1) is 0 Å². The zero-order chi connectivity index (χ0) is 11.7. The van der Waals surface area contributed by atoms with Crippen molar-refractivity contribution >= 4 is 11.9 Å². The van der Waals surface area contributed by atoms with Crippen LogP contribution in [0.5, 0.6) is 0 Å². The molecule has 1 atom stereocenters. The highest BCUT2D eigenvalue weighted by Gasteiger charge is 2.33. The summed E-state index contributed by atoms with van der Waals surface area (Å²) in [5, 5.41) is 0. The number of benzene rings is 1. The Bertz CT molecular complexity index is 457. The Balaban J connectivity index is 2.27. The normalized spacial score (nSPS) is 19.3. The first kappa shape index (κ1) is 10.6.